The molecule has 20 heavy (non-hydrogen) atoms. The fraction of sp³-hybridized carbons (Fsp3) is 0.529. The summed E-state index contributed by atoms with van der Waals surface area (Å²) in [6.45, 7) is 1.09. The molecule has 0 spiro atoms. The van der Waals surface area contributed by atoms with Gasteiger partial charge in [0.15, 0.2) is 0 Å². The van der Waals surface area contributed by atoms with E-state index in [1.807, 2.05) is 0 Å². The molecule has 1 fully saturated rings. The Morgan fingerprint density at radius 1 is 0.900 bits per heavy atom. The molecule has 1 aliphatic heterocycles. The second-order valence-corrected chi connectivity index (χ2v) is 6.19. The highest BCUT2D eigenvalue weighted by molar-refractivity contribution is 5.20. The predicted molar refractivity (Wildman–Crippen MR) is 78.7 cm³/mol. The van der Waals surface area contributed by atoms with Crippen molar-refractivity contribution in [1.29, 1.82) is 0 Å². The molecular weight excluding hydrogens is 246 g/mol. The summed E-state index contributed by atoms with van der Waals surface area (Å²) in [6.07, 6.45) is 7.46. The van der Waals surface area contributed by atoms with Crippen LogP contribution in [0.3, 0.4) is 0 Å². The number of nitrogens with zero attached hydrogens (tertiary/aromatic N) is 3. The largest absolute Gasteiger partial charge is 0.315 e. The maximum atomic E-state index is 4.47. The van der Waals surface area contributed by atoms with E-state index < -0.39 is 0 Å². The fourth-order valence-corrected chi connectivity index (χ4v) is 3.54. The predicted octanol–water partition coefficient (Wildman–Crippen LogP) is 3.67. The van der Waals surface area contributed by atoms with Crippen LogP contribution >= 0.6 is 0 Å². The van der Waals surface area contributed by atoms with E-state index in [9.17, 15) is 0 Å². The summed E-state index contributed by atoms with van der Waals surface area (Å²) in [5, 5.41) is 8.93. The number of hydrogen-bond acceptors (Lipinski definition) is 2. The molecule has 0 saturated heterocycles. The van der Waals surface area contributed by atoms with Crippen LogP contribution in [0.4, 0.5) is 0 Å². The molecule has 2 aromatic rings. The minimum absolute atomic E-state index is 0.673. The number of benzene rings is 1. The zero-order chi connectivity index (χ0) is 13.4. The highest BCUT2D eigenvalue weighted by Crippen LogP contribution is 2.37. The molecule has 2 heterocycles. The number of rotatable bonds is 2. The minimum atomic E-state index is 0.673. The van der Waals surface area contributed by atoms with Crippen molar-refractivity contribution in [3.63, 3.8) is 0 Å². The highest BCUT2D eigenvalue weighted by atomic mass is 15.3. The third-order valence-corrected chi connectivity index (χ3v) is 5.01. The van der Waals surface area contributed by atoms with E-state index in [1.54, 1.807) is 0 Å². The van der Waals surface area contributed by atoms with Gasteiger partial charge in [-0.3, -0.25) is 0 Å². The van der Waals surface area contributed by atoms with Crippen molar-refractivity contribution in [1.82, 2.24) is 14.8 Å². The average molecular weight is 267 g/mol. The van der Waals surface area contributed by atoms with Gasteiger partial charge in [0.1, 0.15) is 11.6 Å². The Balaban J connectivity index is 1.56. The van der Waals surface area contributed by atoms with Gasteiger partial charge in [-0.1, -0.05) is 36.8 Å². The molecule has 1 aromatic carbocycles. The molecule has 1 atom stereocenters. The second kappa shape index (κ2) is 5.04. The second-order valence-electron chi connectivity index (χ2n) is 6.19. The van der Waals surface area contributed by atoms with Gasteiger partial charge in [0.2, 0.25) is 0 Å². The van der Waals surface area contributed by atoms with Gasteiger partial charge in [-0.05, 0) is 37.2 Å². The lowest BCUT2D eigenvalue weighted by Crippen LogP contribution is -2.16. The van der Waals surface area contributed by atoms with Crippen molar-refractivity contribution in [2.75, 3.05) is 0 Å². The number of aromatic nitrogens is 3. The Hall–Kier alpha value is -1.64. The zero-order valence-corrected chi connectivity index (χ0v) is 11.8. The summed E-state index contributed by atoms with van der Waals surface area (Å²) in [6, 6.07) is 10.9. The summed E-state index contributed by atoms with van der Waals surface area (Å²) in [5.41, 5.74) is 1.48. The van der Waals surface area contributed by atoms with Crippen LogP contribution in [0.15, 0.2) is 30.3 Å². The number of aryl methyl sites for hydroxylation is 1. The summed E-state index contributed by atoms with van der Waals surface area (Å²) in [7, 11) is 0. The molecule has 1 saturated carbocycles. The molecule has 1 aliphatic carbocycles. The first kappa shape index (κ1) is 12.1. The normalized spacial score (nSPS) is 22.9. The standard InChI is InChI=1S/C17H21N3/c1-2-5-13(6-3-1)14-9-10-16-18-19-17(15-7-4-8-15)20(16)12-11-14/h1-3,5-6,14-15H,4,7-12H2. The number of fused-ring (bicyclic) bond motifs is 1. The van der Waals surface area contributed by atoms with Gasteiger partial charge in [-0.2, -0.15) is 0 Å². The van der Waals surface area contributed by atoms with Crippen LogP contribution < -0.4 is 0 Å². The molecule has 1 unspecified atom stereocenters. The van der Waals surface area contributed by atoms with Gasteiger partial charge in [0, 0.05) is 18.9 Å². The molecule has 3 heteroatoms. The minimum Gasteiger partial charge on any atom is -0.315 e. The van der Waals surface area contributed by atoms with Gasteiger partial charge in [-0.25, -0.2) is 0 Å². The van der Waals surface area contributed by atoms with Crippen LogP contribution in [0.5, 0.6) is 0 Å². The van der Waals surface area contributed by atoms with Crippen molar-refractivity contribution in [3.05, 3.63) is 47.5 Å². The Morgan fingerprint density at radius 3 is 2.50 bits per heavy atom. The van der Waals surface area contributed by atoms with Crippen LogP contribution in [-0.4, -0.2) is 14.8 Å². The fourth-order valence-electron chi connectivity index (χ4n) is 3.54. The first-order chi connectivity index (χ1) is 9.92. The average Bonchev–Trinajstić information content (AvgIpc) is 2.69. The zero-order valence-electron chi connectivity index (χ0n) is 11.8. The molecule has 0 amide bonds. The monoisotopic (exact) mass is 267 g/mol. The van der Waals surface area contributed by atoms with Crippen molar-refractivity contribution in [3.8, 4) is 0 Å². The first-order valence-electron chi connectivity index (χ1n) is 7.89. The topological polar surface area (TPSA) is 30.7 Å². The third kappa shape index (κ3) is 2.05. The van der Waals surface area contributed by atoms with Crippen LogP contribution in [0.2, 0.25) is 0 Å². The van der Waals surface area contributed by atoms with Crippen molar-refractivity contribution < 1.29 is 0 Å². The van der Waals surface area contributed by atoms with E-state index >= 15 is 0 Å². The smallest absolute Gasteiger partial charge is 0.136 e. The van der Waals surface area contributed by atoms with E-state index in [4.69, 9.17) is 0 Å². The molecule has 0 N–H and O–H groups in total. The Morgan fingerprint density at radius 2 is 1.75 bits per heavy atom. The molecule has 3 nitrogen and oxygen atoms in total. The lowest BCUT2D eigenvalue weighted by atomic mass is 9.85. The Labute approximate surface area is 120 Å². The molecule has 1 aromatic heterocycles. The highest BCUT2D eigenvalue weighted by Gasteiger charge is 2.28. The lowest BCUT2D eigenvalue weighted by Gasteiger charge is -2.25. The first-order valence-corrected chi connectivity index (χ1v) is 7.89. The van der Waals surface area contributed by atoms with Crippen LogP contribution in [0.1, 0.15) is 61.2 Å². The van der Waals surface area contributed by atoms with Crippen LogP contribution in [0.25, 0.3) is 0 Å². The van der Waals surface area contributed by atoms with E-state index in [0.717, 1.165) is 13.0 Å². The molecule has 2 aliphatic rings. The molecule has 0 radical (unpaired) electrons. The van der Waals surface area contributed by atoms with Crippen molar-refractivity contribution in [2.45, 2.75) is 56.9 Å². The van der Waals surface area contributed by atoms with E-state index in [1.165, 1.54) is 49.3 Å². The van der Waals surface area contributed by atoms with Crippen molar-refractivity contribution >= 4 is 0 Å². The van der Waals surface area contributed by atoms with E-state index in [2.05, 4.69) is 45.1 Å². The maximum Gasteiger partial charge on any atom is 0.136 e. The number of hydrogen-bond donors (Lipinski definition) is 0. The quantitative estimate of drug-likeness (QED) is 0.831. The van der Waals surface area contributed by atoms with Gasteiger partial charge >= 0.3 is 0 Å². The summed E-state index contributed by atoms with van der Waals surface area (Å²) < 4.78 is 2.42. The van der Waals surface area contributed by atoms with Gasteiger partial charge in [0.05, 0.1) is 0 Å². The molecule has 104 valence electrons. The lowest BCUT2D eigenvalue weighted by molar-refractivity contribution is 0.383. The summed E-state index contributed by atoms with van der Waals surface area (Å²) in [4.78, 5) is 0. The molecule has 0 bridgehead atoms. The van der Waals surface area contributed by atoms with Gasteiger partial charge < -0.3 is 4.57 Å². The van der Waals surface area contributed by atoms with Crippen LogP contribution in [0, 0.1) is 0 Å². The molecular formula is C17H21N3. The van der Waals surface area contributed by atoms with E-state index in [0.29, 0.717) is 11.8 Å². The summed E-state index contributed by atoms with van der Waals surface area (Å²) >= 11 is 0. The SMILES string of the molecule is c1ccc(C2CCc3nnc(C4CCC4)n3CC2)cc1. The van der Waals surface area contributed by atoms with Crippen LogP contribution in [-0.2, 0) is 13.0 Å². The maximum absolute atomic E-state index is 4.47. The summed E-state index contributed by atoms with van der Waals surface area (Å²) in [5.74, 6) is 3.84. The molecule has 4 rings (SSSR count). The van der Waals surface area contributed by atoms with Gasteiger partial charge in [-0.15, -0.1) is 10.2 Å². The third-order valence-electron chi connectivity index (χ3n) is 5.01. The van der Waals surface area contributed by atoms with E-state index in [-0.39, 0.29) is 0 Å². The Kier molecular flexibility index (Phi) is 3.06. The van der Waals surface area contributed by atoms with Crippen molar-refractivity contribution in [2.24, 2.45) is 0 Å². The Bertz CT molecular complexity index is 584. The van der Waals surface area contributed by atoms with Gasteiger partial charge in [0.25, 0.3) is 0 Å².